The first-order valence-electron chi connectivity index (χ1n) is 7.75. The number of nitrogens with one attached hydrogen (secondary N) is 2. The van der Waals surface area contributed by atoms with E-state index in [1.54, 1.807) is 6.08 Å². The predicted molar refractivity (Wildman–Crippen MR) is 108 cm³/mol. The van der Waals surface area contributed by atoms with Gasteiger partial charge in [-0.05, 0) is 55.5 Å². The molecule has 0 aliphatic carbocycles. The van der Waals surface area contributed by atoms with Crippen LogP contribution in [-0.2, 0) is 0 Å². The predicted octanol–water partition coefficient (Wildman–Crippen LogP) is 4.64. The highest BCUT2D eigenvalue weighted by Crippen LogP contribution is 2.18. The van der Waals surface area contributed by atoms with Crippen LogP contribution < -0.4 is 15.4 Å². The molecule has 0 saturated heterocycles. The van der Waals surface area contributed by atoms with Crippen LogP contribution in [0.15, 0.2) is 66.1 Å². The number of aryl methyl sites for hydroxylation is 1. The van der Waals surface area contributed by atoms with Crippen molar-refractivity contribution in [3.63, 3.8) is 0 Å². The van der Waals surface area contributed by atoms with E-state index in [-0.39, 0.29) is 0 Å². The van der Waals surface area contributed by atoms with Crippen molar-refractivity contribution in [2.75, 3.05) is 24.2 Å². The standard InChI is InChI=1S/C19H22N2OS2/c1-3-13-22-17-8-6-16(7-9-17)21-19(23)20-12-14-24-18-10-4-15(2)5-11-18/h3-11H,1,12-14H2,2H3,(H2,20,21,23). The minimum Gasteiger partial charge on any atom is -0.490 e. The van der Waals surface area contributed by atoms with Crippen LogP contribution in [0.25, 0.3) is 0 Å². The number of rotatable bonds is 8. The number of benzene rings is 2. The van der Waals surface area contributed by atoms with Crippen LogP contribution in [0.4, 0.5) is 5.69 Å². The molecule has 0 unspecified atom stereocenters. The normalized spacial score (nSPS) is 10.0. The number of ether oxygens (including phenoxy) is 1. The molecule has 0 saturated carbocycles. The van der Waals surface area contributed by atoms with E-state index in [1.165, 1.54) is 10.5 Å². The fourth-order valence-corrected chi connectivity index (χ4v) is 2.92. The molecule has 2 N–H and O–H groups in total. The van der Waals surface area contributed by atoms with Crippen LogP contribution in [0.5, 0.6) is 5.75 Å². The number of anilines is 1. The number of hydrogen-bond acceptors (Lipinski definition) is 3. The van der Waals surface area contributed by atoms with Gasteiger partial charge in [-0.1, -0.05) is 30.4 Å². The summed E-state index contributed by atoms with van der Waals surface area (Å²) in [5, 5.41) is 7.01. The molecule has 3 nitrogen and oxygen atoms in total. The van der Waals surface area contributed by atoms with Crippen molar-refractivity contribution in [3.8, 4) is 5.75 Å². The highest BCUT2D eigenvalue weighted by atomic mass is 32.2. The monoisotopic (exact) mass is 358 g/mol. The highest BCUT2D eigenvalue weighted by molar-refractivity contribution is 7.99. The molecule has 0 bridgehead atoms. The first kappa shape index (κ1) is 18.4. The lowest BCUT2D eigenvalue weighted by Crippen LogP contribution is -2.30. The maximum absolute atomic E-state index is 5.45. The summed E-state index contributed by atoms with van der Waals surface area (Å²) in [6.45, 7) is 7.04. The molecule has 0 heterocycles. The van der Waals surface area contributed by atoms with Crippen molar-refractivity contribution in [3.05, 3.63) is 66.7 Å². The first-order valence-corrected chi connectivity index (χ1v) is 9.15. The molecule has 0 fully saturated rings. The molecule has 2 rings (SSSR count). The Kier molecular flexibility index (Phi) is 7.65. The van der Waals surface area contributed by atoms with E-state index in [4.69, 9.17) is 17.0 Å². The van der Waals surface area contributed by atoms with Crippen molar-refractivity contribution in [1.29, 1.82) is 0 Å². The Labute approximate surface area is 153 Å². The summed E-state index contributed by atoms with van der Waals surface area (Å²) in [4.78, 5) is 1.27. The fourth-order valence-electron chi connectivity index (χ4n) is 1.93. The molecule has 0 aromatic heterocycles. The summed E-state index contributed by atoms with van der Waals surface area (Å²) in [5.41, 5.74) is 2.22. The Morgan fingerprint density at radius 3 is 2.54 bits per heavy atom. The van der Waals surface area contributed by atoms with Gasteiger partial charge in [0.1, 0.15) is 12.4 Å². The maximum atomic E-state index is 5.45. The summed E-state index contributed by atoms with van der Waals surface area (Å²) in [7, 11) is 0. The van der Waals surface area contributed by atoms with Gasteiger partial charge in [-0.15, -0.1) is 11.8 Å². The molecule has 24 heavy (non-hydrogen) atoms. The minimum absolute atomic E-state index is 0.505. The van der Waals surface area contributed by atoms with Crippen molar-refractivity contribution in [2.24, 2.45) is 0 Å². The van der Waals surface area contributed by atoms with E-state index in [0.717, 1.165) is 23.7 Å². The van der Waals surface area contributed by atoms with E-state index in [2.05, 4.69) is 48.4 Å². The SMILES string of the molecule is C=CCOc1ccc(NC(=S)NCCSc2ccc(C)cc2)cc1. The van der Waals surface area contributed by atoms with Gasteiger partial charge in [-0.2, -0.15) is 0 Å². The molecular formula is C19H22N2OS2. The van der Waals surface area contributed by atoms with Crippen LogP contribution in [0, 0.1) is 6.92 Å². The third kappa shape index (κ3) is 6.64. The maximum Gasteiger partial charge on any atom is 0.170 e. The van der Waals surface area contributed by atoms with E-state index < -0.39 is 0 Å². The van der Waals surface area contributed by atoms with Gasteiger partial charge in [0.05, 0.1) is 0 Å². The zero-order chi connectivity index (χ0) is 17.2. The second-order valence-corrected chi connectivity index (χ2v) is 6.74. The molecule has 0 spiro atoms. The van der Waals surface area contributed by atoms with E-state index in [0.29, 0.717) is 11.7 Å². The average Bonchev–Trinajstić information content (AvgIpc) is 2.60. The number of hydrogen-bond donors (Lipinski definition) is 2. The fraction of sp³-hybridized carbons (Fsp3) is 0.211. The topological polar surface area (TPSA) is 33.3 Å². The lowest BCUT2D eigenvalue weighted by atomic mass is 10.2. The van der Waals surface area contributed by atoms with Crippen molar-refractivity contribution < 1.29 is 4.74 Å². The summed E-state index contributed by atoms with van der Waals surface area (Å²) in [6, 6.07) is 16.2. The quantitative estimate of drug-likeness (QED) is 0.311. The summed E-state index contributed by atoms with van der Waals surface area (Å²) < 4.78 is 5.45. The third-order valence-corrected chi connectivity index (χ3v) is 4.42. The third-order valence-electron chi connectivity index (χ3n) is 3.16. The van der Waals surface area contributed by atoms with Crippen molar-refractivity contribution in [1.82, 2.24) is 5.32 Å². The van der Waals surface area contributed by atoms with Crippen LogP contribution in [0.2, 0.25) is 0 Å². The Balaban J connectivity index is 1.67. The Hall–Kier alpha value is -1.98. The van der Waals surface area contributed by atoms with Crippen LogP contribution in [0.1, 0.15) is 5.56 Å². The van der Waals surface area contributed by atoms with Gasteiger partial charge in [0.2, 0.25) is 0 Å². The molecule has 0 aliphatic heterocycles. The molecular weight excluding hydrogens is 336 g/mol. The Bertz CT molecular complexity index is 654. The Morgan fingerprint density at radius 2 is 1.88 bits per heavy atom. The number of thioether (sulfide) groups is 1. The van der Waals surface area contributed by atoms with Crippen LogP contribution in [-0.4, -0.2) is 24.0 Å². The summed E-state index contributed by atoms with van der Waals surface area (Å²) in [5.74, 6) is 1.77. The van der Waals surface area contributed by atoms with Crippen LogP contribution >= 0.6 is 24.0 Å². The zero-order valence-corrected chi connectivity index (χ0v) is 15.4. The largest absolute Gasteiger partial charge is 0.490 e. The van der Waals surface area contributed by atoms with E-state index in [9.17, 15) is 0 Å². The summed E-state index contributed by atoms with van der Waals surface area (Å²) >= 11 is 7.12. The first-order chi connectivity index (χ1) is 11.7. The highest BCUT2D eigenvalue weighted by Gasteiger charge is 1.99. The molecule has 5 heteroatoms. The van der Waals surface area contributed by atoms with Gasteiger partial charge >= 0.3 is 0 Å². The molecule has 0 aliphatic rings. The lowest BCUT2D eigenvalue weighted by Gasteiger charge is -2.11. The molecule has 0 radical (unpaired) electrons. The minimum atomic E-state index is 0.505. The van der Waals surface area contributed by atoms with Gasteiger partial charge in [-0.3, -0.25) is 0 Å². The smallest absolute Gasteiger partial charge is 0.170 e. The molecule has 2 aromatic rings. The summed E-state index contributed by atoms with van der Waals surface area (Å²) in [6.07, 6.45) is 1.72. The lowest BCUT2D eigenvalue weighted by molar-refractivity contribution is 0.363. The second kappa shape index (κ2) is 10.0. The van der Waals surface area contributed by atoms with Crippen LogP contribution in [0.3, 0.4) is 0 Å². The van der Waals surface area contributed by atoms with Gasteiger partial charge in [0.15, 0.2) is 5.11 Å². The van der Waals surface area contributed by atoms with E-state index in [1.807, 2.05) is 36.0 Å². The molecule has 126 valence electrons. The second-order valence-electron chi connectivity index (χ2n) is 5.17. The molecule has 0 amide bonds. The van der Waals surface area contributed by atoms with Gasteiger partial charge in [0.25, 0.3) is 0 Å². The Morgan fingerprint density at radius 1 is 1.17 bits per heavy atom. The molecule has 2 aromatic carbocycles. The van der Waals surface area contributed by atoms with Gasteiger partial charge in [-0.25, -0.2) is 0 Å². The zero-order valence-electron chi connectivity index (χ0n) is 13.7. The van der Waals surface area contributed by atoms with Gasteiger partial charge in [0, 0.05) is 22.9 Å². The molecule has 0 atom stereocenters. The van der Waals surface area contributed by atoms with E-state index >= 15 is 0 Å². The van der Waals surface area contributed by atoms with Gasteiger partial charge < -0.3 is 15.4 Å². The number of thiocarbonyl (C=S) groups is 1. The average molecular weight is 359 g/mol. The van der Waals surface area contributed by atoms with Crippen molar-refractivity contribution >= 4 is 34.8 Å². The van der Waals surface area contributed by atoms with Crippen molar-refractivity contribution in [2.45, 2.75) is 11.8 Å².